The van der Waals surface area contributed by atoms with E-state index in [-0.39, 0.29) is 49.7 Å². The predicted molar refractivity (Wildman–Crippen MR) is 250 cm³/mol. The number of carbonyl (C=O) groups excluding carboxylic acids is 4. The van der Waals surface area contributed by atoms with E-state index in [0.717, 1.165) is 57.1 Å². The van der Waals surface area contributed by atoms with Gasteiger partial charge in [0.05, 0.1) is 37.1 Å². The van der Waals surface area contributed by atoms with Crippen LogP contribution in [0.15, 0.2) is 0 Å². The molecule has 4 N–H and O–H groups in total. The van der Waals surface area contributed by atoms with E-state index in [2.05, 4.69) is 29.8 Å². The summed E-state index contributed by atoms with van der Waals surface area (Å²) in [7, 11) is -4.59. The third kappa shape index (κ3) is 27.5. The van der Waals surface area contributed by atoms with Crippen LogP contribution in [0.1, 0.15) is 207 Å². The summed E-state index contributed by atoms with van der Waals surface area (Å²) in [6, 6.07) is 0.196. The number of urea groups is 1. The molecule has 0 aromatic rings. The second-order valence-electron chi connectivity index (χ2n) is 18.0. The van der Waals surface area contributed by atoms with Crippen molar-refractivity contribution in [2.45, 2.75) is 231 Å². The standard InChI is InChI=1S/C47H88N3O10PS/c1-5-7-9-11-13-15-17-19-21-23-25-29-38(3)45(52)57-35-40(60-46(53)39(4)30-26-24-22-20-18-16-14-12-10-8-6-2)36-59-61(55,56)58-34-33-48-43(51)32-28-27-31-42-44-41(37-62-42)49-47(54)50-44/h38-42,44H,5-37H2,1-4H3,(H,48,51)(H,55,56)(H2,49,50,54)/t38?,39?,40?,41-,42?,44-/m0/s1. The maximum absolute atomic E-state index is 13.1. The summed E-state index contributed by atoms with van der Waals surface area (Å²) in [6.45, 7) is 7.05. The summed E-state index contributed by atoms with van der Waals surface area (Å²) >= 11 is 1.84. The van der Waals surface area contributed by atoms with Crippen molar-refractivity contribution < 1.29 is 47.2 Å². The molecule has 15 heteroatoms. The Morgan fingerprint density at radius 3 is 1.77 bits per heavy atom. The monoisotopic (exact) mass is 918 g/mol. The number of phosphoric acid groups is 1. The molecule has 7 atom stereocenters. The van der Waals surface area contributed by atoms with E-state index in [0.29, 0.717) is 30.9 Å². The summed E-state index contributed by atoms with van der Waals surface area (Å²) in [5.41, 5.74) is 0. The van der Waals surface area contributed by atoms with Crippen molar-refractivity contribution in [3.63, 3.8) is 0 Å². The molecule has 2 aliphatic heterocycles. The fraction of sp³-hybridized carbons (Fsp3) is 0.915. The predicted octanol–water partition coefficient (Wildman–Crippen LogP) is 11.1. The van der Waals surface area contributed by atoms with Gasteiger partial charge in [-0.3, -0.25) is 23.4 Å². The molecule has 362 valence electrons. The second-order valence-corrected chi connectivity index (χ2v) is 20.7. The lowest BCUT2D eigenvalue weighted by molar-refractivity contribution is -0.166. The Kier molecular flexibility index (Phi) is 32.1. The number of phosphoric ester groups is 1. The highest BCUT2D eigenvalue weighted by molar-refractivity contribution is 8.00. The van der Waals surface area contributed by atoms with Crippen LogP contribution in [0.4, 0.5) is 4.79 Å². The first-order valence-electron chi connectivity index (χ1n) is 24.9. The minimum absolute atomic E-state index is 0.0102. The zero-order chi connectivity index (χ0) is 45.3. The Bertz CT molecular complexity index is 1260. The van der Waals surface area contributed by atoms with Crippen molar-refractivity contribution in [3.05, 3.63) is 0 Å². The van der Waals surface area contributed by atoms with Crippen LogP contribution in [-0.2, 0) is 37.5 Å². The average Bonchev–Trinajstić information content (AvgIpc) is 3.81. The quantitative estimate of drug-likeness (QED) is 0.0198. The first kappa shape index (κ1) is 56.3. The van der Waals surface area contributed by atoms with Crippen LogP contribution in [0.2, 0.25) is 0 Å². The molecule has 5 unspecified atom stereocenters. The summed E-state index contributed by atoms with van der Waals surface area (Å²) in [5.74, 6) is -0.902. The maximum Gasteiger partial charge on any atom is 0.472 e. The minimum atomic E-state index is -4.59. The van der Waals surface area contributed by atoms with Crippen molar-refractivity contribution in [2.24, 2.45) is 11.8 Å². The molecular formula is C47H88N3O10PS. The highest BCUT2D eigenvalue weighted by Crippen LogP contribution is 2.43. The van der Waals surface area contributed by atoms with Gasteiger partial charge in [0.15, 0.2) is 6.10 Å². The molecule has 0 spiro atoms. The van der Waals surface area contributed by atoms with E-state index in [4.69, 9.17) is 18.5 Å². The SMILES string of the molecule is CCCCCCCCCCCCCC(C)C(=O)OCC(COP(=O)(O)OCCNC(=O)CCCCC1SC[C@@H]2NC(=O)N[C@H]12)OC(=O)C(C)CCCCCCCCCCCCC. The summed E-state index contributed by atoms with van der Waals surface area (Å²) < 4.78 is 34.4. The van der Waals surface area contributed by atoms with Gasteiger partial charge >= 0.3 is 25.8 Å². The average molecular weight is 918 g/mol. The summed E-state index contributed by atoms with van der Waals surface area (Å²) in [4.78, 5) is 60.5. The number of esters is 2. The normalized spacial score (nSPS) is 19.5. The zero-order valence-corrected chi connectivity index (χ0v) is 41.0. The molecule has 3 amide bonds. The number of thioether (sulfide) groups is 1. The van der Waals surface area contributed by atoms with Crippen LogP contribution >= 0.6 is 19.6 Å². The first-order valence-corrected chi connectivity index (χ1v) is 27.4. The molecule has 2 aliphatic rings. The molecule has 0 saturated carbocycles. The molecule has 2 rings (SSSR count). The van der Waals surface area contributed by atoms with E-state index in [1.165, 1.54) is 103 Å². The molecule has 62 heavy (non-hydrogen) atoms. The van der Waals surface area contributed by atoms with Gasteiger partial charge in [-0.2, -0.15) is 11.8 Å². The first-order chi connectivity index (χ1) is 30.0. The maximum atomic E-state index is 13.1. The van der Waals surface area contributed by atoms with Crippen LogP contribution in [0, 0.1) is 11.8 Å². The van der Waals surface area contributed by atoms with Crippen molar-refractivity contribution in [2.75, 3.05) is 32.1 Å². The van der Waals surface area contributed by atoms with Gasteiger partial charge in [-0.05, 0) is 25.7 Å². The molecule has 2 fully saturated rings. The Morgan fingerprint density at radius 2 is 1.23 bits per heavy atom. The van der Waals surface area contributed by atoms with Gasteiger partial charge in [0.1, 0.15) is 6.61 Å². The molecule has 0 radical (unpaired) electrons. The Hall–Kier alpha value is -1.86. The fourth-order valence-electron chi connectivity index (χ4n) is 8.11. The third-order valence-electron chi connectivity index (χ3n) is 12.2. The van der Waals surface area contributed by atoms with E-state index in [1.54, 1.807) is 0 Å². The van der Waals surface area contributed by atoms with Crippen molar-refractivity contribution in [3.8, 4) is 0 Å². The van der Waals surface area contributed by atoms with Crippen molar-refractivity contribution in [1.29, 1.82) is 0 Å². The zero-order valence-electron chi connectivity index (χ0n) is 39.3. The number of carbonyl (C=O) groups is 4. The van der Waals surface area contributed by atoms with Crippen LogP contribution in [0.3, 0.4) is 0 Å². The van der Waals surface area contributed by atoms with Gasteiger partial charge in [0.2, 0.25) is 5.91 Å². The molecule has 0 aromatic carbocycles. The largest absolute Gasteiger partial charge is 0.472 e. The van der Waals surface area contributed by atoms with Crippen LogP contribution in [0.25, 0.3) is 0 Å². The number of hydrogen-bond acceptors (Lipinski definition) is 10. The lowest BCUT2D eigenvalue weighted by atomic mass is 10.0. The number of rotatable bonds is 41. The number of fused-ring (bicyclic) bond motifs is 1. The van der Waals surface area contributed by atoms with Crippen molar-refractivity contribution >= 4 is 43.5 Å². The summed E-state index contributed by atoms with van der Waals surface area (Å²) in [5, 5.41) is 8.95. The lowest BCUT2D eigenvalue weighted by Crippen LogP contribution is -2.36. The van der Waals surface area contributed by atoms with Gasteiger partial charge in [-0.1, -0.05) is 175 Å². The Labute approximate surface area is 380 Å². The topological polar surface area (TPSA) is 179 Å². The van der Waals surface area contributed by atoms with E-state index in [1.807, 2.05) is 25.6 Å². The lowest BCUT2D eigenvalue weighted by Gasteiger charge is -2.22. The minimum Gasteiger partial charge on any atom is -0.461 e. The third-order valence-corrected chi connectivity index (χ3v) is 14.7. The highest BCUT2D eigenvalue weighted by atomic mass is 32.2. The van der Waals surface area contributed by atoms with Crippen molar-refractivity contribution in [1.82, 2.24) is 16.0 Å². The van der Waals surface area contributed by atoms with Crippen LogP contribution < -0.4 is 16.0 Å². The molecule has 0 aliphatic carbocycles. The van der Waals surface area contributed by atoms with E-state index in [9.17, 15) is 28.6 Å². The molecular weight excluding hydrogens is 830 g/mol. The van der Waals surface area contributed by atoms with Gasteiger partial charge in [-0.25, -0.2) is 9.36 Å². The van der Waals surface area contributed by atoms with E-state index < -0.39 is 38.4 Å². The van der Waals surface area contributed by atoms with Gasteiger partial charge in [0, 0.05) is 24.0 Å². The molecule has 2 saturated heterocycles. The fourth-order valence-corrected chi connectivity index (χ4v) is 10.4. The van der Waals surface area contributed by atoms with Crippen LogP contribution in [0.5, 0.6) is 0 Å². The van der Waals surface area contributed by atoms with Crippen LogP contribution in [-0.4, -0.2) is 84.3 Å². The second kappa shape index (κ2) is 35.4. The Balaban J connectivity index is 1.72. The number of ether oxygens (including phenoxy) is 2. The summed E-state index contributed by atoms with van der Waals surface area (Å²) in [6.07, 6.45) is 29.9. The molecule has 2 heterocycles. The van der Waals surface area contributed by atoms with E-state index >= 15 is 0 Å². The van der Waals surface area contributed by atoms with Gasteiger partial charge < -0.3 is 30.3 Å². The highest BCUT2D eigenvalue weighted by Gasteiger charge is 2.42. The number of amides is 3. The Morgan fingerprint density at radius 1 is 0.710 bits per heavy atom. The van der Waals surface area contributed by atoms with Gasteiger partial charge in [0.25, 0.3) is 0 Å². The molecule has 0 aromatic heterocycles. The number of nitrogens with one attached hydrogen (secondary N) is 3. The molecule has 0 bridgehead atoms. The number of hydrogen-bond donors (Lipinski definition) is 4. The smallest absolute Gasteiger partial charge is 0.461 e. The number of unbranched alkanes of at least 4 members (excludes halogenated alkanes) is 21. The van der Waals surface area contributed by atoms with Gasteiger partial charge in [-0.15, -0.1) is 0 Å². The molecule has 13 nitrogen and oxygen atoms in total.